The van der Waals surface area contributed by atoms with E-state index in [0.29, 0.717) is 13.0 Å². The van der Waals surface area contributed by atoms with Crippen molar-refractivity contribution >= 4 is 11.6 Å². The molecule has 2 rings (SSSR count). The number of fused-ring (bicyclic) bond motifs is 1. The molecule has 1 aromatic carbocycles. The van der Waals surface area contributed by atoms with Crippen LogP contribution < -0.4 is 5.73 Å². The maximum atomic E-state index is 12.2. The molecule has 0 radical (unpaired) electrons. The number of ether oxygens (including phenoxy) is 1. The number of nitrogens with two attached hydrogens (primary N) is 1. The van der Waals surface area contributed by atoms with Gasteiger partial charge in [-0.1, -0.05) is 12.1 Å². The SMILES string of the molecule is COC(C)CCC(=O)N1CCc2c(N)cccc2C1. The summed E-state index contributed by atoms with van der Waals surface area (Å²) in [7, 11) is 1.68. The molecule has 4 nitrogen and oxygen atoms in total. The van der Waals surface area contributed by atoms with Crippen LogP contribution in [-0.4, -0.2) is 30.6 Å². The zero-order valence-electron chi connectivity index (χ0n) is 11.7. The van der Waals surface area contributed by atoms with E-state index in [1.165, 1.54) is 11.1 Å². The maximum absolute atomic E-state index is 12.2. The highest BCUT2D eigenvalue weighted by Gasteiger charge is 2.21. The van der Waals surface area contributed by atoms with Crippen molar-refractivity contribution in [3.8, 4) is 0 Å². The Labute approximate surface area is 114 Å². The summed E-state index contributed by atoms with van der Waals surface area (Å²) < 4.78 is 5.17. The second kappa shape index (κ2) is 6.06. The molecule has 0 saturated heterocycles. The number of hydrogen-bond donors (Lipinski definition) is 1. The normalized spacial score (nSPS) is 16.0. The third-order valence-corrected chi connectivity index (χ3v) is 3.82. The minimum absolute atomic E-state index is 0.136. The highest BCUT2D eigenvalue weighted by molar-refractivity contribution is 5.76. The Bertz CT molecular complexity index is 459. The minimum Gasteiger partial charge on any atom is -0.398 e. The molecule has 0 bridgehead atoms. The lowest BCUT2D eigenvalue weighted by molar-refractivity contribution is -0.132. The molecule has 1 unspecified atom stereocenters. The van der Waals surface area contributed by atoms with Crippen LogP contribution in [0.3, 0.4) is 0 Å². The van der Waals surface area contributed by atoms with Gasteiger partial charge in [-0.25, -0.2) is 0 Å². The number of methoxy groups -OCH3 is 1. The smallest absolute Gasteiger partial charge is 0.222 e. The van der Waals surface area contributed by atoms with Gasteiger partial charge in [-0.2, -0.15) is 0 Å². The van der Waals surface area contributed by atoms with E-state index in [4.69, 9.17) is 10.5 Å². The zero-order chi connectivity index (χ0) is 13.8. The summed E-state index contributed by atoms with van der Waals surface area (Å²) in [5, 5.41) is 0. The first kappa shape index (κ1) is 13.9. The molecular formula is C15H22N2O2. The molecule has 0 saturated carbocycles. The Kier molecular flexibility index (Phi) is 4.43. The van der Waals surface area contributed by atoms with E-state index in [2.05, 4.69) is 6.07 Å². The Morgan fingerprint density at radius 1 is 1.53 bits per heavy atom. The van der Waals surface area contributed by atoms with E-state index < -0.39 is 0 Å². The second-order valence-corrected chi connectivity index (χ2v) is 5.14. The van der Waals surface area contributed by atoms with Gasteiger partial charge in [0.1, 0.15) is 0 Å². The Hall–Kier alpha value is -1.55. The summed E-state index contributed by atoms with van der Waals surface area (Å²) in [5.41, 5.74) is 9.19. The summed E-state index contributed by atoms with van der Waals surface area (Å²) in [6.45, 7) is 3.43. The van der Waals surface area contributed by atoms with Crippen LogP contribution >= 0.6 is 0 Å². The second-order valence-electron chi connectivity index (χ2n) is 5.14. The average molecular weight is 262 g/mol. The van der Waals surface area contributed by atoms with Gasteiger partial charge in [0.05, 0.1) is 6.10 Å². The van der Waals surface area contributed by atoms with Gasteiger partial charge >= 0.3 is 0 Å². The van der Waals surface area contributed by atoms with Gasteiger partial charge in [0.15, 0.2) is 0 Å². The van der Waals surface area contributed by atoms with Crippen LogP contribution in [-0.2, 0) is 22.5 Å². The molecule has 0 spiro atoms. The lowest BCUT2D eigenvalue weighted by Crippen LogP contribution is -2.36. The van der Waals surface area contributed by atoms with Crippen LogP contribution in [0.15, 0.2) is 18.2 Å². The van der Waals surface area contributed by atoms with Gasteiger partial charge in [-0.3, -0.25) is 4.79 Å². The number of rotatable bonds is 4. The number of carbonyl (C=O) groups is 1. The number of amides is 1. The fourth-order valence-corrected chi connectivity index (χ4v) is 2.45. The van der Waals surface area contributed by atoms with Gasteiger partial charge in [0, 0.05) is 32.3 Å². The van der Waals surface area contributed by atoms with Crippen molar-refractivity contribution in [3.63, 3.8) is 0 Å². The molecule has 1 amide bonds. The lowest BCUT2D eigenvalue weighted by Gasteiger charge is -2.30. The number of hydrogen-bond acceptors (Lipinski definition) is 3. The molecule has 4 heteroatoms. The van der Waals surface area contributed by atoms with Crippen LogP contribution in [0, 0.1) is 0 Å². The fraction of sp³-hybridized carbons (Fsp3) is 0.533. The van der Waals surface area contributed by atoms with Crippen LogP contribution in [0.1, 0.15) is 30.9 Å². The minimum atomic E-state index is 0.136. The standard InChI is InChI=1S/C15H22N2O2/c1-11(19-2)6-7-15(18)17-9-8-13-12(10-17)4-3-5-14(13)16/h3-5,11H,6-10,16H2,1-2H3. The summed E-state index contributed by atoms with van der Waals surface area (Å²) >= 11 is 0. The molecule has 0 aliphatic carbocycles. The van der Waals surface area contributed by atoms with E-state index in [0.717, 1.165) is 25.1 Å². The molecule has 1 heterocycles. The van der Waals surface area contributed by atoms with Crippen LogP contribution in [0.2, 0.25) is 0 Å². The van der Waals surface area contributed by atoms with Gasteiger partial charge in [0.25, 0.3) is 0 Å². The molecular weight excluding hydrogens is 240 g/mol. The first-order valence-corrected chi connectivity index (χ1v) is 6.78. The lowest BCUT2D eigenvalue weighted by atomic mass is 9.97. The highest BCUT2D eigenvalue weighted by Crippen LogP contribution is 2.24. The predicted octanol–water partition coefficient (Wildman–Crippen LogP) is 1.97. The largest absolute Gasteiger partial charge is 0.398 e. The van der Waals surface area contributed by atoms with Gasteiger partial charge in [-0.15, -0.1) is 0 Å². The Morgan fingerprint density at radius 2 is 2.32 bits per heavy atom. The highest BCUT2D eigenvalue weighted by atomic mass is 16.5. The predicted molar refractivity (Wildman–Crippen MR) is 75.7 cm³/mol. The van der Waals surface area contributed by atoms with Crippen molar-refractivity contribution in [1.29, 1.82) is 0 Å². The summed E-state index contributed by atoms with van der Waals surface area (Å²) in [4.78, 5) is 14.1. The first-order chi connectivity index (χ1) is 9.11. The number of carbonyl (C=O) groups excluding carboxylic acids is 1. The monoisotopic (exact) mass is 262 g/mol. The van der Waals surface area contributed by atoms with E-state index in [-0.39, 0.29) is 12.0 Å². The summed E-state index contributed by atoms with van der Waals surface area (Å²) in [5.74, 6) is 0.206. The molecule has 19 heavy (non-hydrogen) atoms. The molecule has 104 valence electrons. The van der Waals surface area contributed by atoms with Crippen molar-refractivity contribution < 1.29 is 9.53 Å². The third kappa shape index (κ3) is 3.26. The van der Waals surface area contributed by atoms with Gasteiger partial charge < -0.3 is 15.4 Å². The van der Waals surface area contributed by atoms with Crippen LogP contribution in [0.25, 0.3) is 0 Å². The summed E-state index contributed by atoms with van der Waals surface area (Å²) in [6.07, 6.45) is 2.31. The molecule has 1 aromatic rings. The number of nitrogen functional groups attached to an aromatic ring is 1. The first-order valence-electron chi connectivity index (χ1n) is 6.78. The van der Waals surface area contributed by atoms with Crippen molar-refractivity contribution in [2.24, 2.45) is 0 Å². The van der Waals surface area contributed by atoms with Gasteiger partial charge in [0.2, 0.25) is 5.91 Å². The topological polar surface area (TPSA) is 55.6 Å². The van der Waals surface area contributed by atoms with E-state index in [1.807, 2.05) is 24.0 Å². The van der Waals surface area contributed by atoms with E-state index >= 15 is 0 Å². The van der Waals surface area contributed by atoms with Crippen LogP contribution in [0.5, 0.6) is 0 Å². The van der Waals surface area contributed by atoms with Crippen molar-refractivity contribution in [3.05, 3.63) is 29.3 Å². The number of anilines is 1. The molecule has 2 N–H and O–H groups in total. The zero-order valence-corrected chi connectivity index (χ0v) is 11.7. The molecule has 1 aliphatic rings. The average Bonchev–Trinajstić information content (AvgIpc) is 2.44. The van der Waals surface area contributed by atoms with E-state index in [1.54, 1.807) is 7.11 Å². The molecule has 0 fully saturated rings. The van der Waals surface area contributed by atoms with Gasteiger partial charge in [-0.05, 0) is 37.0 Å². The maximum Gasteiger partial charge on any atom is 0.222 e. The van der Waals surface area contributed by atoms with Crippen molar-refractivity contribution in [2.75, 3.05) is 19.4 Å². The quantitative estimate of drug-likeness (QED) is 0.844. The number of nitrogens with zero attached hydrogens (tertiary/aromatic N) is 1. The van der Waals surface area contributed by atoms with Crippen molar-refractivity contribution in [2.45, 2.75) is 38.8 Å². The third-order valence-electron chi connectivity index (χ3n) is 3.82. The fourth-order valence-electron chi connectivity index (χ4n) is 2.45. The molecule has 0 aromatic heterocycles. The van der Waals surface area contributed by atoms with E-state index in [9.17, 15) is 4.79 Å². The molecule has 1 atom stereocenters. The summed E-state index contributed by atoms with van der Waals surface area (Å²) in [6, 6.07) is 5.94. The van der Waals surface area contributed by atoms with Crippen LogP contribution in [0.4, 0.5) is 5.69 Å². The van der Waals surface area contributed by atoms with Crippen molar-refractivity contribution in [1.82, 2.24) is 4.90 Å². The Morgan fingerprint density at radius 3 is 3.05 bits per heavy atom. The Balaban J connectivity index is 1.96. The number of benzene rings is 1. The molecule has 1 aliphatic heterocycles.